The number of pyridine rings is 1. The van der Waals surface area contributed by atoms with E-state index in [1.807, 2.05) is 6.07 Å². The molecular formula is C21H24N4O4. The molecule has 3 rings (SSSR count). The summed E-state index contributed by atoms with van der Waals surface area (Å²) in [5.74, 6) is 0.711. The number of carbonyl (C=O) groups is 2. The number of benzene rings is 1. The number of rotatable bonds is 6. The maximum atomic E-state index is 12.8. The Balaban J connectivity index is 1.54. The molecule has 2 heterocycles. The van der Waals surface area contributed by atoms with Crippen LogP contribution in [0.1, 0.15) is 28.8 Å². The number of aromatic nitrogens is 1. The van der Waals surface area contributed by atoms with Crippen molar-refractivity contribution in [2.24, 2.45) is 11.0 Å². The van der Waals surface area contributed by atoms with Gasteiger partial charge in [0.2, 0.25) is 5.91 Å². The van der Waals surface area contributed by atoms with Gasteiger partial charge in [-0.2, -0.15) is 5.10 Å². The summed E-state index contributed by atoms with van der Waals surface area (Å²) in [6.07, 6.45) is 6.06. The third-order valence-electron chi connectivity index (χ3n) is 4.82. The predicted molar refractivity (Wildman–Crippen MR) is 108 cm³/mol. The first-order chi connectivity index (χ1) is 14.1. The van der Waals surface area contributed by atoms with Crippen molar-refractivity contribution in [1.82, 2.24) is 15.3 Å². The molecule has 1 aromatic heterocycles. The number of piperidine rings is 1. The molecule has 1 aliphatic heterocycles. The predicted octanol–water partition coefficient (Wildman–Crippen LogP) is 2.10. The number of likely N-dealkylation sites (tertiary alicyclic amines) is 1. The summed E-state index contributed by atoms with van der Waals surface area (Å²) in [5.41, 5.74) is 3.89. The number of hydrogen-bond donors (Lipinski definition) is 1. The van der Waals surface area contributed by atoms with Crippen LogP contribution in [0, 0.1) is 5.92 Å². The number of carbonyl (C=O) groups excluding carboxylic acids is 2. The van der Waals surface area contributed by atoms with Gasteiger partial charge in [0.1, 0.15) is 11.5 Å². The smallest absolute Gasteiger partial charge is 0.254 e. The molecule has 0 spiro atoms. The topological polar surface area (TPSA) is 93.1 Å². The molecule has 0 unspecified atom stereocenters. The summed E-state index contributed by atoms with van der Waals surface area (Å²) < 4.78 is 10.5. The molecule has 1 aromatic carbocycles. The van der Waals surface area contributed by atoms with E-state index in [-0.39, 0.29) is 17.7 Å². The summed E-state index contributed by atoms with van der Waals surface area (Å²) >= 11 is 0. The lowest BCUT2D eigenvalue weighted by Gasteiger charge is -2.31. The number of nitrogens with zero attached hydrogens (tertiary/aromatic N) is 3. The molecule has 1 fully saturated rings. The lowest BCUT2D eigenvalue weighted by Crippen LogP contribution is -2.42. The van der Waals surface area contributed by atoms with Crippen LogP contribution in [0.5, 0.6) is 11.5 Å². The third kappa shape index (κ3) is 5.31. The molecule has 0 radical (unpaired) electrons. The average molecular weight is 396 g/mol. The van der Waals surface area contributed by atoms with Gasteiger partial charge in [-0.1, -0.05) is 6.07 Å². The molecule has 8 heteroatoms. The maximum Gasteiger partial charge on any atom is 0.254 e. The molecule has 152 valence electrons. The van der Waals surface area contributed by atoms with E-state index < -0.39 is 0 Å². The Bertz CT molecular complexity index is 855. The van der Waals surface area contributed by atoms with Gasteiger partial charge in [-0.25, -0.2) is 5.43 Å². The fourth-order valence-electron chi connectivity index (χ4n) is 3.17. The van der Waals surface area contributed by atoms with Crippen molar-refractivity contribution in [3.63, 3.8) is 0 Å². The summed E-state index contributed by atoms with van der Waals surface area (Å²) in [6.45, 7) is 1.01. The van der Waals surface area contributed by atoms with Crippen LogP contribution >= 0.6 is 0 Å². The minimum atomic E-state index is -0.176. The Morgan fingerprint density at radius 3 is 2.45 bits per heavy atom. The molecule has 2 aromatic rings. The molecule has 1 saturated heterocycles. The van der Waals surface area contributed by atoms with Gasteiger partial charge in [0.25, 0.3) is 5.91 Å². The van der Waals surface area contributed by atoms with E-state index in [0.717, 1.165) is 5.56 Å². The van der Waals surface area contributed by atoms with Crippen molar-refractivity contribution in [3.8, 4) is 11.5 Å². The Labute approximate surface area is 169 Å². The van der Waals surface area contributed by atoms with Crippen molar-refractivity contribution in [2.45, 2.75) is 12.8 Å². The fraction of sp³-hybridized carbons (Fsp3) is 0.333. The van der Waals surface area contributed by atoms with Crippen LogP contribution in [-0.2, 0) is 4.79 Å². The van der Waals surface area contributed by atoms with Gasteiger partial charge >= 0.3 is 0 Å². The first-order valence-electron chi connectivity index (χ1n) is 9.36. The van der Waals surface area contributed by atoms with Crippen molar-refractivity contribution in [1.29, 1.82) is 0 Å². The quantitative estimate of drug-likeness (QED) is 0.596. The number of hydrazone groups is 1. The van der Waals surface area contributed by atoms with Crippen LogP contribution in [0.25, 0.3) is 0 Å². The van der Waals surface area contributed by atoms with Crippen LogP contribution in [0.3, 0.4) is 0 Å². The summed E-state index contributed by atoms with van der Waals surface area (Å²) in [7, 11) is 3.09. The van der Waals surface area contributed by atoms with E-state index in [4.69, 9.17) is 9.47 Å². The minimum Gasteiger partial charge on any atom is -0.497 e. The van der Waals surface area contributed by atoms with E-state index in [2.05, 4.69) is 15.5 Å². The van der Waals surface area contributed by atoms with Crippen molar-refractivity contribution < 1.29 is 19.1 Å². The zero-order chi connectivity index (χ0) is 20.6. The number of methoxy groups -OCH3 is 2. The van der Waals surface area contributed by atoms with Crippen molar-refractivity contribution in [2.75, 3.05) is 27.3 Å². The number of nitrogens with one attached hydrogen (secondary N) is 1. The zero-order valence-electron chi connectivity index (χ0n) is 16.5. The highest BCUT2D eigenvalue weighted by Crippen LogP contribution is 2.25. The zero-order valence-corrected chi connectivity index (χ0v) is 16.5. The Morgan fingerprint density at radius 2 is 1.86 bits per heavy atom. The second-order valence-electron chi connectivity index (χ2n) is 6.69. The van der Waals surface area contributed by atoms with Crippen molar-refractivity contribution >= 4 is 18.0 Å². The van der Waals surface area contributed by atoms with Gasteiger partial charge < -0.3 is 14.4 Å². The first kappa shape index (κ1) is 20.3. The van der Waals surface area contributed by atoms with Gasteiger partial charge in [0, 0.05) is 48.6 Å². The summed E-state index contributed by atoms with van der Waals surface area (Å²) in [6, 6.07) is 8.75. The monoisotopic (exact) mass is 396 g/mol. The molecule has 0 aliphatic carbocycles. The Hall–Kier alpha value is -3.42. The van der Waals surface area contributed by atoms with E-state index in [9.17, 15) is 9.59 Å². The van der Waals surface area contributed by atoms with E-state index in [0.29, 0.717) is 43.0 Å². The van der Waals surface area contributed by atoms with Crippen LogP contribution in [-0.4, -0.2) is 55.2 Å². The van der Waals surface area contributed by atoms with Gasteiger partial charge in [-0.3, -0.25) is 14.6 Å². The average Bonchev–Trinajstić information content (AvgIpc) is 2.78. The number of hydrogen-bond acceptors (Lipinski definition) is 6. The molecule has 1 N–H and O–H groups in total. The molecule has 0 atom stereocenters. The summed E-state index contributed by atoms with van der Waals surface area (Å²) in [4.78, 5) is 30.9. The number of amides is 2. The second-order valence-corrected chi connectivity index (χ2v) is 6.69. The molecule has 29 heavy (non-hydrogen) atoms. The minimum absolute atomic E-state index is 0.101. The second kappa shape index (κ2) is 9.68. The van der Waals surface area contributed by atoms with E-state index >= 15 is 0 Å². The first-order valence-corrected chi connectivity index (χ1v) is 9.36. The standard InChI is InChI=1S/C21H24N4O4/c1-28-18-10-17(11-19(12-18)29-2)21(27)25-8-5-16(6-9-25)20(26)24-23-14-15-4-3-7-22-13-15/h3-4,7,10-14,16H,5-6,8-9H2,1-2H3,(H,24,26)/b23-14-. The highest BCUT2D eigenvalue weighted by Gasteiger charge is 2.28. The highest BCUT2D eigenvalue weighted by molar-refractivity contribution is 5.95. The highest BCUT2D eigenvalue weighted by atomic mass is 16.5. The van der Waals surface area contributed by atoms with Crippen molar-refractivity contribution in [3.05, 3.63) is 53.9 Å². The molecule has 2 amide bonds. The number of ether oxygens (including phenoxy) is 2. The van der Waals surface area contributed by atoms with Gasteiger partial charge in [0.15, 0.2) is 0 Å². The molecule has 1 aliphatic rings. The molecule has 0 saturated carbocycles. The summed E-state index contributed by atoms with van der Waals surface area (Å²) in [5, 5.41) is 3.98. The third-order valence-corrected chi connectivity index (χ3v) is 4.82. The fourth-order valence-corrected chi connectivity index (χ4v) is 3.17. The largest absolute Gasteiger partial charge is 0.497 e. The van der Waals surface area contributed by atoms with Gasteiger partial charge in [0.05, 0.1) is 20.4 Å². The lowest BCUT2D eigenvalue weighted by molar-refractivity contribution is -0.126. The Morgan fingerprint density at radius 1 is 1.17 bits per heavy atom. The molecular weight excluding hydrogens is 372 g/mol. The van der Waals surface area contributed by atoms with E-state index in [1.165, 1.54) is 0 Å². The SMILES string of the molecule is COc1cc(OC)cc(C(=O)N2CCC(C(=O)N/N=C\c3cccnc3)CC2)c1. The molecule has 8 nitrogen and oxygen atoms in total. The van der Waals surface area contributed by atoms with Crippen LogP contribution in [0.4, 0.5) is 0 Å². The normalized spacial score (nSPS) is 14.6. The lowest BCUT2D eigenvalue weighted by atomic mass is 9.95. The van der Waals surface area contributed by atoms with Crippen LogP contribution in [0.2, 0.25) is 0 Å². The van der Waals surface area contributed by atoms with Gasteiger partial charge in [-0.05, 0) is 31.0 Å². The van der Waals surface area contributed by atoms with Gasteiger partial charge in [-0.15, -0.1) is 0 Å². The van der Waals surface area contributed by atoms with E-state index in [1.54, 1.807) is 62.0 Å². The van der Waals surface area contributed by atoms with Crippen LogP contribution in [0.15, 0.2) is 47.8 Å². The molecule has 0 bridgehead atoms. The van der Waals surface area contributed by atoms with Crippen LogP contribution < -0.4 is 14.9 Å². The maximum absolute atomic E-state index is 12.8. The Kier molecular flexibility index (Phi) is 6.78.